The number of ether oxygens (including phenoxy) is 2. The Labute approximate surface area is 192 Å². The van der Waals surface area contributed by atoms with E-state index in [1.54, 1.807) is 4.90 Å². The number of methoxy groups -OCH3 is 2. The zero-order chi connectivity index (χ0) is 22.6. The minimum Gasteiger partial charge on any atom is -0.495 e. The number of hydrogen-bond donors (Lipinski definition) is 1. The molecule has 2 aromatic carbocycles. The van der Waals surface area contributed by atoms with Gasteiger partial charge in [0.2, 0.25) is 0 Å². The fraction of sp³-hybridized carbons (Fsp3) is 0.381. The highest BCUT2D eigenvalue weighted by Gasteiger charge is 2.24. The van der Waals surface area contributed by atoms with Crippen molar-refractivity contribution in [2.75, 3.05) is 32.0 Å². The van der Waals surface area contributed by atoms with Crippen molar-refractivity contribution < 1.29 is 22.7 Å². The Morgan fingerprint density at radius 3 is 2.19 bits per heavy atom. The second-order valence-electron chi connectivity index (χ2n) is 7.14. The van der Waals surface area contributed by atoms with E-state index in [4.69, 9.17) is 32.7 Å². The molecule has 3 rings (SSSR count). The van der Waals surface area contributed by atoms with Gasteiger partial charge in [0, 0.05) is 19.2 Å². The van der Waals surface area contributed by atoms with Crippen LogP contribution in [0.1, 0.15) is 36.0 Å². The lowest BCUT2D eigenvalue weighted by Crippen LogP contribution is -2.32. The van der Waals surface area contributed by atoms with Gasteiger partial charge in [-0.05, 0) is 37.1 Å². The molecule has 31 heavy (non-hydrogen) atoms. The number of amides is 1. The number of nitrogens with one attached hydrogen (secondary N) is 1. The first-order valence-corrected chi connectivity index (χ1v) is 12.0. The van der Waals surface area contributed by atoms with Crippen molar-refractivity contribution in [3.8, 4) is 11.5 Å². The quantitative estimate of drug-likeness (QED) is 0.631. The summed E-state index contributed by atoms with van der Waals surface area (Å²) in [7, 11) is -1.20. The summed E-state index contributed by atoms with van der Waals surface area (Å²) < 4.78 is 38.9. The van der Waals surface area contributed by atoms with Crippen LogP contribution >= 0.6 is 23.2 Å². The maximum Gasteiger partial charge on any atom is 0.262 e. The molecule has 1 heterocycles. The molecule has 10 heteroatoms. The zero-order valence-electron chi connectivity index (χ0n) is 17.3. The number of sulfonamides is 1. The van der Waals surface area contributed by atoms with Crippen LogP contribution in [0.3, 0.4) is 0 Å². The Morgan fingerprint density at radius 1 is 0.935 bits per heavy atom. The number of anilines is 1. The van der Waals surface area contributed by atoms with Crippen LogP contribution in [0, 0.1) is 0 Å². The van der Waals surface area contributed by atoms with Gasteiger partial charge in [0.1, 0.15) is 11.5 Å². The van der Waals surface area contributed by atoms with Crippen LogP contribution < -0.4 is 14.2 Å². The number of benzene rings is 2. The smallest absolute Gasteiger partial charge is 0.262 e. The molecule has 1 saturated heterocycles. The number of nitrogens with zero attached hydrogens (tertiary/aromatic N) is 1. The molecule has 0 aromatic heterocycles. The summed E-state index contributed by atoms with van der Waals surface area (Å²) >= 11 is 12.4. The third kappa shape index (κ3) is 5.37. The SMILES string of the molecule is COc1cc(OC)c(NS(=O)(=O)c2ccc(Cl)c(C(=O)N3CCCCCC3)c2)cc1Cl. The van der Waals surface area contributed by atoms with Gasteiger partial charge in [-0.1, -0.05) is 36.0 Å². The van der Waals surface area contributed by atoms with Crippen molar-refractivity contribution in [1.82, 2.24) is 4.90 Å². The molecule has 0 aliphatic carbocycles. The minimum atomic E-state index is -4.05. The van der Waals surface area contributed by atoms with Gasteiger partial charge in [-0.15, -0.1) is 0 Å². The monoisotopic (exact) mass is 486 g/mol. The number of carbonyl (C=O) groups is 1. The van der Waals surface area contributed by atoms with Crippen molar-refractivity contribution in [2.45, 2.75) is 30.6 Å². The molecule has 7 nitrogen and oxygen atoms in total. The van der Waals surface area contributed by atoms with E-state index in [1.807, 2.05) is 0 Å². The molecule has 168 valence electrons. The van der Waals surface area contributed by atoms with Gasteiger partial charge in [0.15, 0.2) is 0 Å². The summed E-state index contributed by atoms with van der Waals surface area (Å²) in [4.78, 5) is 14.6. The average molecular weight is 487 g/mol. The van der Waals surface area contributed by atoms with Crippen LogP contribution in [0.5, 0.6) is 11.5 Å². The van der Waals surface area contributed by atoms with Gasteiger partial charge >= 0.3 is 0 Å². The van der Waals surface area contributed by atoms with E-state index in [0.29, 0.717) is 18.8 Å². The number of carbonyl (C=O) groups excluding carboxylic acids is 1. The van der Waals surface area contributed by atoms with Gasteiger partial charge in [-0.25, -0.2) is 8.42 Å². The van der Waals surface area contributed by atoms with Crippen molar-refractivity contribution >= 4 is 44.8 Å². The molecule has 0 radical (unpaired) electrons. The standard InChI is InChI=1S/C21H24Cl2N2O5S/c1-29-19-13-20(30-2)18(12-17(19)23)24-31(27,28)14-7-8-16(22)15(11-14)21(26)25-9-5-3-4-6-10-25/h7-8,11-13,24H,3-6,9-10H2,1-2H3. The fourth-order valence-electron chi connectivity index (χ4n) is 3.42. The van der Waals surface area contributed by atoms with E-state index in [0.717, 1.165) is 25.7 Å². The van der Waals surface area contributed by atoms with Crippen molar-refractivity contribution in [3.63, 3.8) is 0 Å². The zero-order valence-corrected chi connectivity index (χ0v) is 19.6. The molecule has 1 aliphatic heterocycles. The third-order valence-electron chi connectivity index (χ3n) is 5.09. The molecule has 0 unspecified atom stereocenters. The van der Waals surface area contributed by atoms with Gasteiger partial charge in [-0.2, -0.15) is 0 Å². The summed E-state index contributed by atoms with van der Waals surface area (Å²) in [5.41, 5.74) is 0.301. The maximum atomic E-state index is 13.0. The number of likely N-dealkylation sites (tertiary alicyclic amines) is 1. The van der Waals surface area contributed by atoms with E-state index in [2.05, 4.69) is 4.72 Å². The minimum absolute atomic E-state index is 0.0935. The number of rotatable bonds is 6. The third-order valence-corrected chi connectivity index (χ3v) is 7.08. The van der Waals surface area contributed by atoms with Crippen LogP contribution in [0.2, 0.25) is 10.0 Å². The second kappa shape index (κ2) is 9.97. The van der Waals surface area contributed by atoms with E-state index in [9.17, 15) is 13.2 Å². The van der Waals surface area contributed by atoms with Gasteiger partial charge in [0.25, 0.3) is 15.9 Å². The lowest BCUT2D eigenvalue weighted by atomic mass is 10.2. The predicted molar refractivity (Wildman–Crippen MR) is 121 cm³/mol. The van der Waals surface area contributed by atoms with E-state index < -0.39 is 10.0 Å². The van der Waals surface area contributed by atoms with Crippen LogP contribution in [0.15, 0.2) is 35.2 Å². The molecule has 0 saturated carbocycles. The Bertz CT molecular complexity index is 1070. The lowest BCUT2D eigenvalue weighted by Gasteiger charge is -2.21. The van der Waals surface area contributed by atoms with Gasteiger partial charge < -0.3 is 14.4 Å². The van der Waals surface area contributed by atoms with E-state index >= 15 is 0 Å². The van der Waals surface area contributed by atoms with Crippen molar-refractivity contribution in [1.29, 1.82) is 0 Å². The summed E-state index contributed by atoms with van der Waals surface area (Å²) in [5, 5.41) is 0.424. The normalized spacial score (nSPS) is 14.6. The molecule has 0 atom stereocenters. The highest BCUT2D eigenvalue weighted by molar-refractivity contribution is 7.92. The van der Waals surface area contributed by atoms with E-state index in [1.165, 1.54) is 44.6 Å². The van der Waals surface area contributed by atoms with Crippen LogP contribution in [-0.2, 0) is 10.0 Å². The van der Waals surface area contributed by atoms with Gasteiger partial charge in [-0.3, -0.25) is 9.52 Å². The summed E-state index contributed by atoms with van der Waals surface area (Å²) in [5.74, 6) is 0.312. The Hall–Kier alpha value is -2.16. The number of hydrogen-bond acceptors (Lipinski definition) is 5. The van der Waals surface area contributed by atoms with Crippen molar-refractivity contribution in [3.05, 3.63) is 45.9 Å². The molecule has 0 bridgehead atoms. The Morgan fingerprint density at radius 2 is 1.58 bits per heavy atom. The highest BCUT2D eigenvalue weighted by atomic mass is 35.5. The summed E-state index contributed by atoms with van der Waals surface area (Å²) in [6, 6.07) is 6.95. The predicted octanol–water partition coefficient (Wildman–Crippen LogP) is 4.83. The molecule has 1 aliphatic rings. The fourth-order valence-corrected chi connectivity index (χ4v) is 4.95. The lowest BCUT2D eigenvalue weighted by molar-refractivity contribution is 0.0761. The molecule has 1 N–H and O–H groups in total. The Balaban J connectivity index is 1.93. The summed E-state index contributed by atoms with van der Waals surface area (Å²) in [6.45, 7) is 1.26. The molecular weight excluding hydrogens is 463 g/mol. The first-order chi connectivity index (χ1) is 14.8. The average Bonchev–Trinajstić information content (AvgIpc) is 3.03. The van der Waals surface area contributed by atoms with Crippen molar-refractivity contribution in [2.24, 2.45) is 0 Å². The second-order valence-corrected chi connectivity index (χ2v) is 9.64. The first kappa shape index (κ1) is 23.5. The van der Waals surface area contributed by atoms with Gasteiger partial charge in [0.05, 0.1) is 40.4 Å². The first-order valence-electron chi connectivity index (χ1n) is 9.80. The number of halogens is 2. The highest BCUT2D eigenvalue weighted by Crippen LogP contribution is 2.37. The Kier molecular flexibility index (Phi) is 7.56. The molecule has 1 fully saturated rings. The molecule has 2 aromatic rings. The topological polar surface area (TPSA) is 84.9 Å². The molecule has 1 amide bonds. The van der Waals surface area contributed by atoms with Crippen LogP contribution in [-0.4, -0.2) is 46.5 Å². The summed E-state index contributed by atoms with van der Waals surface area (Å²) in [6.07, 6.45) is 3.98. The van der Waals surface area contributed by atoms with Crippen LogP contribution in [0.4, 0.5) is 5.69 Å². The largest absolute Gasteiger partial charge is 0.495 e. The van der Waals surface area contributed by atoms with E-state index in [-0.39, 0.29) is 37.8 Å². The van der Waals surface area contributed by atoms with Crippen LogP contribution in [0.25, 0.3) is 0 Å². The molecular formula is C21H24Cl2N2O5S. The maximum absolute atomic E-state index is 13.0. The molecule has 0 spiro atoms.